The van der Waals surface area contributed by atoms with Gasteiger partial charge in [-0.05, 0) is 32.3 Å². The predicted octanol–water partition coefficient (Wildman–Crippen LogP) is 3.81. The number of benzene rings is 2. The summed E-state index contributed by atoms with van der Waals surface area (Å²) in [5.41, 5.74) is 5.36. The Morgan fingerprint density at radius 2 is 1.83 bits per heavy atom. The first kappa shape index (κ1) is 15.3. The average Bonchev–Trinajstić information content (AvgIpc) is 3.04. The zero-order chi connectivity index (χ0) is 16.2. The van der Waals surface area contributed by atoms with Gasteiger partial charge < -0.3 is 14.6 Å². The molecule has 4 nitrogen and oxygen atoms in total. The highest BCUT2D eigenvalue weighted by molar-refractivity contribution is 5.78. The van der Waals surface area contributed by atoms with E-state index in [4.69, 9.17) is 4.74 Å². The molecule has 118 valence electrons. The quantitative estimate of drug-likeness (QED) is 0.779. The zero-order valence-electron chi connectivity index (χ0n) is 13.7. The first-order valence-corrected chi connectivity index (χ1v) is 7.60. The molecule has 0 radical (unpaired) electrons. The van der Waals surface area contributed by atoms with Gasteiger partial charge in [0.2, 0.25) is 0 Å². The summed E-state index contributed by atoms with van der Waals surface area (Å²) >= 11 is 0. The summed E-state index contributed by atoms with van der Waals surface area (Å²) in [5.74, 6) is 0.902. The van der Waals surface area contributed by atoms with Gasteiger partial charge in [-0.3, -0.25) is 0 Å². The van der Waals surface area contributed by atoms with Gasteiger partial charge in [-0.2, -0.15) is 0 Å². The van der Waals surface area contributed by atoms with E-state index in [1.807, 2.05) is 24.3 Å². The van der Waals surface area contributed by atoms with Gasteiger partial charge in [0, 0.05) is 23.2 Å². The molecule has 1 heterocycles. The van der Waals surface area contributed by atoms with Gasteiger partial charge in [-0.15, -0.1) is 0 Å². The van der Waals surface area contributed by atoms with Crippen LogP contribution in [-0.2, 0) is 6.54 Å². The fraction of sp³-hybridized carbons (Fsp3) is 0.211. The number of aromatic nitrogens is 2. The lowest BCUT2D eigenvalue weighted by atomic mass is 10.0. The van der Waals surface area contributed by atoms with E-state index >= 15 is 0 Å². The molecular weight excluding hydrogens is 286 g/mol. The molecule has 0 fully saturated rings. The Labute approximate surface area is 136 Å². The lowest BCUT2D eigenvalue weighted by Crippen LogP contribution is -2.11. The molecule has 0 atom stereocenters. The summed E-state index contributed by atoms with van der Waals surface area (Å²) in [6.45, 7) is 0.822. The lowest BCUT2D eigenvalue weighted by Gasteiger charge is -2.15. The van der Waals surface area contributed by atoms with Gasteiger partial charge in [0.15, 0.2) is 0 Å². The van der Waals surface area contributed by atoms with E-state index in [2.05, 4.69) is 53.2 Å². The van der Waals surface area contributed by atoms with E-state index in [1.54, 1.807) is 13.4 Å². The van der Waals surface area contributed by atoms with E-state index in [0.717, 1.165) is 40.4 Å². The molecule has 2 aromatic carbocycles. The number of H-pyrrole nitrogens is 1. The van der Waals surface area contributed by atoms with Gasteiger partial charge in [-0.1, -0.05) is 30.3 Å². The van der Waals surface area contributed by atoms with Crippen molar-refractivity contribution in [1.29, 1.82) is 0 Å². The summed E-state index contributed by atoms with van der Waals surface area (Å²) in [5, 5.41) is 0. The monoisotopic (exact) mass is 307 g/mol. The van der Waals surface area contributed by atoms with Gasteiger partial charge in [0.05, 0.1) is 24.8 Å². The van der Waals surface area contributed by atoms with Gasteiger partial charge in [0.25, 0.3) is 0 Å². The van der Waals surface area contributed by atoms with Crippen LogP contribution in [0.5, 0.6) is 5.75 Å². The number of nitrogens with one attached hydrogen (secondary N) is 1. The van der Waals surface area contributed by atoms with Crippen molar-refractivity contribution in [3.63, 3.8) is 0 Å². The molecule has 0 spiro atoms. The maximum Gasteiger partial charge on any atom is 0.123 e. The number of hydrogen-bond acceptors (Lipinski definition) is 3. The van der Waals surface area contributed by atoms with Crippen LogP contribution < -0.4 is 4.74 Å². The zero-order valence-corrected chi connectivity index (χ0v) is 13.7. The molecular formula is C19H21N3O. The van der Waals surface area contributed by atoms with Crippen LogP contribution in [0.2, 0.25) is 0 Å². The lowest BCUT2D eigenvalue weighted by molar-refractivity contribution is 0.372. The summed E-state index contributed by atoms with van der Waals surface area (Å²) in [7, 11) is 5.81. The van der Waals surface area contributed by atoms with E-state index in [-0.39, 0.29) is 0 Å². The van der Waals surface area contributed by atoms with Crippen LogP contribution in [0.25, 0.3) is 22.5 Å². The highest BCUT2D eigenvalue weighted by Crippen LogP contribution is 2.32. The second kappa shape index (κ2) is 6.67. The Morgan fingerprint density at radius 3 is 2.52 bits per heavy atom. The van der Waals surface area contributed by atoms with Gasteiger partial charge in [0.1, 0.15) is 5.75 Å². The second-order valence-corrected chi connectivity index (χ2v) is 5.76. The molecule has 0 aliphatic heterocycles. The molecule has 1 N–H and O–H groups in total. The summed E-state index contributed by atoms with van der Waals surface area (Å²) in [4.78, 5) is 9.91. The first-order valence-electron chi connectivity index (χ1n) is 7.60. The highest BCUT2D eigenvalue weighted by Gasteiger charge is 2.13. The van der Waals surface area contributed by atoms with Crippen molar-refractivity contribution in [2.45, 2.75) is 6.54 Å². The predicted molar refractivity (Wildman–Crippen MR) is 93.4 cm³/mol. The molecule has 0 aliphatic rings. The molecule has 0 bridgehead atoms. The van der Waals surface area contributed by atoms with E-state index in [0.29, 0.717) is 0 Å². The highest BCUT2D eigenvalue weighted by atomic mass is 16.5. The minimum Gasteiger partial charge on any atom is -0.496 e. The summed E-state index contributed by atoms with van der Waals surface area (Å²) < 4.78 is 5.48. The van der Waals surface area contributed by atoms with Crippen LogP contribution in [0, 0.1) is 0 Å². The number of aromatic amines is 1. The first-order chi connectivity index (χ1) is 11.2. The standard InChI is InChI=1S/C19H21N3O/c1-22(2)12-16-11-15(9-10-17(16)23-3)19-18(20-13-21-19)14-7-5-4-6-8-14/h4-11,13H,12H2,1-3H3,(H,20,21). The fourth-order valence-corrected chi connectivity index (χ4v) is 2.73. The minimum atomic E-state index is 0.822. The summed E-state index contributed by atoms with van der Waals surface area (Å²) in [6, 6.07) is 16.5. The van der Waals surface area contributed by atoms with Crippen LogP contribution in [0.1, 0.15) is 5.56 Å². The smallest absolute Gasteiger partial charge is 0.123 e. The third-order valence-corrected chi connectivity index (χ3v) is 3.74. The van der Waals surface area contributed by atoms with Crippen molar-refractivity contribution in [3.8, 4) is 28.3 Å². The number of rotatable bonds is 5. The number of hydrogen-bond donors (Lipinski definition) is 1. The van der Waals surface area contributed by atoms with Crippen molar-refractivity contribution >= 4 is 0 Å². The molecule has 3 aromatic rings. The molecule has 0 amide bonds. The number of nitrogens with zero attached hydrogens (tertiary/aromatic N) is 2. The molecule has 4 heteroatoms. The minimum absolute atomic E-state index is 0.822. The van der Waals surface area contributed by atoms with Crippen LogP contribution in [0.4, 0.5) is 0 Å². The van der Waals surface area contributed by atoms with Crippen molar-refractivity contribution < 1.29 is 4.74 Å². The SMILES string of the molecule is COc1ccc(-c2nc[nH]c2-c2ccccc2)cc1CN(C)C. The van der Waals surface area contributed by atoms with Crippen LogP contribution in [0.3, 0.4) is 0 Å². The second-order valence-electron chi connectivity index (χ2n) is 5.76. The Hall–Kier alpha value is -2.59. The molecule has 0 saturated carbocycles. The average molecular weight is 307 g/mol. The molecule has 0 unspecified atom stereocenters. The third-order valence-electron chi connectivity index (χ3n) is 3.74. The summed E-state index contributed by atoms with van der Waals surface area (Å²) in [6.07, 6.45) is 1.74. The number of ether oxygens (including phenoxy) is 1. The number of methoxy groups -OCH3 is 1. The van der Waals surface area contributed by atoms with Crippen molar-refractivity contribution in [3.05, 3.63) is 60.4 Å². The van der Waals surface area contributed by atoms with E-state index in [9.17, 15) is 0 Å². The van der Waals surface area contributed by atoms with Crippen molar-refractivity contribution in [1.82, 2.24) is 14.9 Å². The van der Waals surface area contributed by atoms with E-state index in [1.165, 1.54) is 0 Å². The largest absolute Gasteiger partial charge is 0.496 e. The third kappa shape index (κ3) is 3.27. The normalized spacial score (nSPS) is 11.0. The maximum atomic E-state index is 5.48. The number of imidazole rings is 1. The van der Waals surface area contributed by atoms with Gasteiger partial charge >= 0.3 is 0 Å². The Bertz CT molecular complexity index is 778. The Morgan fingerprint density at radius 1 is 1.04 bits per heavy atom. The molecule has 3 rings (SSSR count). The topological polar surface area (TPSA) is 41.1 Å². The van der Waals surface area contributed by atoms with E-state index < -0.39 is 0 Å². The Kier molecular flexibility index (Phi) is 4.44. The fourth-order valence-electron chi connectivity index (χ4n) is 2.73. The molecule has 0 saturated heterocycles. The molecule has 23 heavy (non-hydrogen) atoms. The van der Waals surface area contributed by atoms with Crippen LogP contribution in [-0.4, -0.2) is 36.1 Å². The van der Waals surface area contributed by atoms with Crippen molar-refractivity contribution in [2.24, 2.45) is 0 Å². The van der Waals surface area contributed by atoms with Crippen LogP contribution >= 0.6 is 0 Å². The maximum absolute atomic E-state index is 5.48. The molecule has 1 aromatic heterocycles. The molecule has 0 aliphatic carbocycles. The van der Waals surface area contributed by atoms with Crippen molar-refractivity contribution in [2.75, 3.05) is 21.2 Å². The van der Waals surface area contributed by atoms with Crippen LogP contribution in [0.15, 0.2) is 54.9 Å². The van der Waals surface area contributed by atoms with Gasteiger partial charge in [-0.25, -0.2) is 4.98 Å². The Balaban J connectivity index is 2.05.